The smallest absolute Gasteiger partial charge is 0.365 e. The molecule has 0 aliphatic carbocycles. The summed E-state index contributed by atoms with van der Waals surface area (Å²) in [6.45, 7) is 0. The number of nitrogens with zero attached hydrogens (tertiary/aromatic N) is 2. The normalized spacial score (nSPS) is 11.5. The van der Waals surface area contributed by atoms with Gasteiger partial charge in [0.1, 0.15) is 11.2 Å². The monoisotopic (exact) mass is 442 g/mol. The van der Waals surface area contributed by atoms with Gasteiger partial charge in [0, 0.05) is 22.2 Å². The Kier molecular flexibility index (Phi) is 5.15. The molecule has 6 nitrogen and oxygen atoms in total. The lowest BCUT2D eigenvalue weighted by Gasteiger charge is -2.10. The van der Waals surface area contributed by atoms with Gasteiger partial charge < -0.3 is 11.1 Å². The number of rotatable bonds is 4. The fourth-order valence-electron chi connectivity index (χ4n) is 2.99. The minimum absolute atomic E-state index is 0.117. The van der Waals surface area contributed by atoms with E-state index in [4.69, 9.17) is 5.73 Å². The van der Waals surface area contributed by atoms with Gasteiger partial charge in [-0.2, -0.15) is 13.2 Å². The molecule has 0 bridgehead atoms. The van der Waals surface area contributed by atoms with E-state index in [-0.39, 0.29) is 5.56 Å². The summed E-state index contributed by atoms with van der Waals surface area (Å²) < 4.78 is 38.7. The highest BCUT2D eigenvalue weighted by molar-refractivity contribution is 7.20. The summed E-state index contributed by atoms with van der Waals surface area (Å²) in [6.07, 6.45) is -3.19. The van der Waals surface area contributed by atoms with Crippen LogP contribution in [-0.2, 0) is 6.18 Å². The molecule has 10 heteroatoms. The van der Waals surface area contributed by atoms with Gasteiger partial charge in [-0.25, -0.2) is 9.97 Å². The van der Waals surface area contributed by atoms with Crippen molar-refractivity contribution in [1.82, 2.24) is 9.97 Å². The number of amides is 2. The molecule has 2 heterocycles. The third-order valence-corrected chi connectivity index (χ3v) is 5.48. The molecule has 0 fully saturated rings. The molecular weight excluding hydrogens is 429 g/mol. The van der Waals surface area contributed by atoms with Gasteiger partial charge in [-0.3, -0.25) is 9.59 Å². The number of alkyl halides is 3. The number of benzene rings is 2. The first-order valence-electron chi connectivity index (χ1n) is 8.86. The number of fused-ring (bicyclic) bond motifs is 1. The third-order valence-electron chi connectivity index (χ3n) is 4.42. The van der Waals surface area contributed by atoms with Crippen molar-refractivity contribution in [1.29, 1.82) is 0 Å². The van der Waals surface area contributed by atoms with Crippen LogP contribution in [0.4, 0.5) is 18.9 Å². The van der Waals surface area contributed by atoms with E-state index in [1.807, 2.05) is 0 Å². The molecule has 2 aromatic heterocycles. The molecule has 0 aliphatic heterocycles. The molecule has 0 radical (unpaired) electrons. The second kappa shape index (κ2) is 7.80. The average Bonchev–Trinajstić information content (AvgIpc) is 3.18. The van der Waals surface area contributed by atoms with Crippen LogP contribution in [0.1, 0.15) is 25.6 Å². The van der Waals surface area contributed by atoms with E-state index in [2.05, 4.69) is 15.3 Å². The summed E-state index contributed by atoms with van der Waals surface area (Å²) in [7, 11) is 0. The molecule has 0 saturated carbocycles. The molecule has 4 rings (SSSR count). The van der Waals surface area contributed by atoms with Crippen molar-refractivity contribution in [3.63, 3.8) is 0 Å². The highest BCUT2D eigenvalue weighted by Crippen LogP contribution is 2.32. The largest absolute Gasteiger partial charge is 0.416 e. The molecule has 3 N–H and O–H groups in total. The van der Waals surface area contributed by atoms with Crippen LogP contribution in [0, 0.1) is 0 Å². The first-order valence-corrected chi connectivity index (χ1v) is 9.67. The minimum Gasteiger partial charge on any atom is -0.365 e. The zero-order valence-corrected chi connectivity index (χ0v) is 16.4. The molecule has 4 aromatic rings. The van der Waals surface area contributed by atoms with Crippen molar-refractivity contribution in [3.8, 4) is 11.3 Å². The molecule has 31 heavy (non-hydrogen) atoms. The molecule has 156 valence electrons. The maximum atomic E-state index is 12.9. The Morgan fingerprint density at radius 1 is 1.00 bits per heavy atom. The number of primary amides is 1. The lowest BCUT2D eigenvalue weighted by Crippen LogP contribution is -2.14. The van der Waals surface area contributed by atoms with Gasteiger partial charge in [-0.05, 0) is 36.4 Å². The van der Waals surface area contributed by atoms with Gasteiger partial charge in [-0.15, -0.1) is 11.3 Å². The second-order valence-corrected chi connectivity index (χ2v) is 7.56. The number of nitrogens with one attached hydrogen (secondary N) is 1. The number of anilines is 1. The number of hydrogen-bond acceptors (Lipinski definition) is 5. The quantitative estimate of drug-likeness (QED) is 0.478. The summed E-state index contributed by atoms with van der Waals surface area (Å²) in [5.74, 6) is -1.25. The summed E-state index contributed by atoms with van der Waals surface area (Å²) in [5.41, 5.74) is 5.86. The van der Waals surface area contributed by atoms with Crippen LogP contribution in [0.3, 0.4) is 0 Å². The Labute approximate surface area is 177 Å². The number of carbonyl (C=O) groups excluding carboxylic acids is 2. The van der Waals surface area contributed by atoms with Crippen LogP contribution in [0.25, 0.3) is 21.5 Å². The van der Waals surface area contributed by atoms with E-state index in [0.29, 0.717) is 32.0 Å². The van der Waals surface area contributed by atoms with Gasteiger partial charge in [0.15, 0.2) is 0 Å². The van der Waals surface area contributed by atoms with Crippen molar-refractivity contribution >= 4 is 39.1 Å². The lowest BCUT2D eigenvalue weighted by molar-refractivity contribution is -0.137. The fraction of sp³-hybridized carbons (Fsp3) is 0.0476. The molecule has 0 spiro atoms. The Bertz CT molecular complexity index is 1320. The number of halogens is 3. The van der Waals surface area contributed by atoms with Crippen LogP contribution >= 0.6 is 11.3 Å². The van der Waals surface area contributed by atoms with Crippen molar-refractivity contribution in [2.75, 3.05) is 5.32 Å². The van der Waals surface area contributed by atoms with Crippen molar-refractivity contribution in [3.05, 3.63) is 76.9 Å². The van der Waals surface area contributed by atoms with E-state index < -0.39 is 23.6 Å². The van der Waals surface area contributed by atoms with Crippen LogP contribution in [0.15, 0.2) is 60.9 Å². The standard InChI is InChI=1S/C21H13F3N4O2S/c22-21(23,24)13-5-1-4-12(7-13)19(30)28-14-6-2-3-11(8-14)17-15-9-16(18(25)29)31-20(15)27-10-26-17/h1-10H,(H2,25,29)(H,28,30). The van der Waals surface area contributed by atoms with E-state index in [9.17, 15) is 22.8 Å². The summed E-state index contributed by atoms with van der Waals surface area (Å²) >= 11 is 1.14. The molecule has 0 aliphatic rings. The predicted octanol–water partition coefficient (Wildman–Crippen LogP) is 4.73. The zero-order valence-electron chi connectivity index (χ0n) is 15.6. The van der Waals surface area contributed by atoms with Gasteiger partial charge in [0.05, 0.1) is 16.1 Å². The number of aromatic nitrogens is 2. The van der Waals surface area contributed by atoms with Crippen LogP contribution < -0.4 is 11.1 Å². The van der Waals surface area contributed by atoms with Gasteiger partial charge in [0.2, 0.25) is 0 Å². The van der Waals surface area contributed by atoms with Crippen LogP contribution in [0.2, 0.25) is 0 Å². The zero-order chi connectivity index (χ0) is 22.2. The van der Waals surface area contributed by atoms with E-state index in [1.54, 1.807) is 30.3 Å². The highest BCUT2D eigenvalue weighted by atomic mass is 32.1. The number of hydrogen-bond donors (Lipinski definition) is 2. The first-order chi connectivity index (χ1) is 14.7. The minimum atomic E-state index is -4.54. The first kappa shape index (κ1) is 20.5. The molecular formula is C21H13F3N4O2S. The lowest BCUT2D eigenvalue weighted by atomic mass is 10.1. The maximum Gasteiger partial charge on any atom is 0.416 e. The second-order valence-electron chi connectivity index (χ2n) is 6.53. The molecule has 0 unspecified atom stereocenters. The summed E-state index contributed by atoms with van der Waals surface area (Å²) in [6, 6.07) is 12.5. The fourth-order valence-corrected chi connectivity index (χ4v) is 3.84. The van der Waals surface area contributed by atoms with Crippen LogP contribution in [-0.4, -0.2) is 21.8 Å². The Morgan fingerprint density at radius 2 is 1.77 bits per heavy atom. The molecule has 2 amide bonds. The Balaban J connectivity index is 1.65. The van der Waals surface area contributed by atoms with Gasteiger partial charge in [0.25, 0.3) is 11.8 Å². The summed E-state index contributed by atoms with van der Waals surface area (Å²) in [5, 5.41) is 3.22. The van der Waals surface area contributed by atoms with Crippen molar-refractivity contribution < 1.29 is 22.8 Å². The Hall–Kier alpha value is -3.79. The molecule has 2 aromatic carbocycles. The third kappa shape index (κ3) is 4.24. The van der Waals surface area contributed by atoms with Crippen molar-refractivity contribution in [2.24, 2.45) is 5.73 Å². The van der Waals surface area contributed by atoms with E-state index in [0.717, 1.165) is 23.5 Å². The maximum absolute atomic E-state index is 12.9. The van der Waals surface area contributed by atoms with Crippen LogP contribution in [0.5, 0.6) is 0 Å². The number of thiophene rings is 1. The van der Waals surface area contributed by atoms with E-state index in [1.165, 1.54) is 18.5 Å². The predicted molar refractivity (Wildman–Crippen MR) is 111 cm³/mol. The number of carbonyl (C=O) groups is 2. The average molecular weight is 442 g/mol. The topological polar surface area (TPSA) is 98.0 Å². The highest BCUT2D eigenvalue weighted by Gasteiger charge is 2.30. The number of nitrogens with two attached hydrogens (primary N) is 1. The van der Waals surface area contributed by atoms with Gasteiger partial charge in [-0.1, -0.05) is 18.2 Å². The summed E-state index contributed by atoms with van der Waals surface area (Å²) in [4.78, 5) is 33.3. The molecule has 0 saturated heterocycles. The SMILES string of the molecule is NC(=O)c1cc2c(-c3cccc(NC(=O)c4cccc(C(F)(F)F)c4)c3)ncnc2s1. The van der Waals surface area contributed by atoms with Crippen molar-refractivity contribution in [2.45, 2.75) is 6.18 Å². The van der Waals surface area contributed by atoms with Gasteiger partial charge >= 0.3 is 6.18 Å². The van der Waals surface area contributed by atoms with E-state index >= 15 is 0 Å². The molecule has 0 atom stereocenters. The Morgan fingerprint density at radius 3 is 2.52 bits per heavy atom.